The van der Waals surface area contributed by atoms with Crippen molar-refractivity contribution in [3.63, 3.8) is 0 Å². The van der Waals surface area contributed by atoms with Crippen LogP contribution in [0.15, 0.2) is 73.1 Å². The first-order valence-electron chi connectivity index (χ1n) is 42.0. The van der Waals surface area contributed by atoms with E-state index in [1.807, 2.05) is 0 Å². The summed E-state index contributed by atoms with van der Waals surface area (Å²) >= 11 is 0. The van der Waals surface area contributed by atoms with Crippen LogP contribution in [0.4, 0.5) is 0 Å². The maximum absolute atomic E-state index is 13.7. The van der Waals surface area contributed by atoms with Crippen molar-refractivity contribution in [2.75, 3.05) is 67.1 Å². The number of nitrogens with zero attached hydrogens (tertiary/aromatic N) is 8. The fraction of sp³-hybridized carbons (Fsp3) is 0.614. The second-order valence-electron chi connectivity index (χ2n) is 34.1. The molecule has 0 bridgehead atoms. The minimum absolute atomic E-state index is 0.0373. The van der Waals surface area contributed by atoms with Gasteiger partial charge in [0, 0.05) is 88.9 Å². The van der Waals surface area contributed by atoms with Crippen LogP contribution in [-0.2, 0) is 167 Å². The van der Waals surface area contributed by atoms with Gasteiger partial charge < -0.3 is 79.2 Å². The minimum Gasteiger partial charge on any atom is -0.460 e. The predicted molar refractivity (Wildman–Crippen MR) is 444 cm³/mol. The van der Waals surface area contributed by atoms with Gasteiger partial charge in [0.05, 0.1) is 126 Å². The molecule has 6 heterocycles. The van der Waals surface area contributed by atoms with Crippen molar-refractivity contribution in [2.45, 2.75) is 247 Å². The summed E-state index contributed by atoms with van der Waals surface area (Å²) in [5.41, 5.74) is 3.01. The number of ether oxygens (including phenoxy) is 8. The van der Waals surface area contributed by atoms with E-state index in [9.17, 15) is 88.2 Å². The van der Waals surface area contributed by atoms with Gasteiger partial charge in [-0.1, -0.05) is 74.5 Å². The Balaban J connectivity index is 0.000000427. The highest BCUT2D eigenvalue weighted by Gasteiger charge is 2.42. The zero-order valence-corrected chi connectivity index (χ0v) is 74.8. The van der Waals surface area contributed by atoms with Gasteiger partial charge in [-0.15, -0.1) is 10.2 Å². The lowest BCUT2D eigenvalue weighted by molar-refractivity contribution is -0.193. The highest BCUT2D eigenvalue weighted by atomic mass is 16.6. The van der Waals surface area contributed by atoms with E-state index in [4.69, 9.17) is 57.1 Å². The average Bonchev–Trinajstić information content (AvgIpc) is 1.66. The number of ketones is 4. The van der Waals surface area contributed by atoms with Crippen molar-refractivity contribution in [2.24, 2.45) is 34.5 Å². The van der Waals surface area contributed by atoms with Crippen LogP contribution in [0.25, 0.3) is 0 Å². The molecular weight excluding hydrogens is 1680 g/mol. The Bertz CT molecular complexity index is 4220. The molecule has 40 heteroatoms. The van der Waals surface area contributed by atoms with Crippen molar-refractivity contribution in [1.29, 1.82) is 0 Å². The van der Waals surface area contributed by atoms with Crippen LogP contribution in [0.1, 0.15) is 178 Å². The Morgan fingerprint density at radius 2 is 0.820 bits per heavy atom. The third-order valence-corrected chi connectivity index (χ3v) is 21.5. The first kappa shape index (κ1) is 108. The number of hydrogen-bond acceptors (Lipinski definition) is 34. The molecule has 4 aromatic rings. The van der Waals surface area contributed by atoms with Crippen LogP contribution in [0.2, 0.25) is 0 Å². The molecule has 8 N–H and O–H groups in total. The number of methoxy groups -OCH3 is 2. The number of nitrogens with one attached hydrogen (secondary N) is 2. The second-order valence-corrected chi connectivity index (χ2v) is 34.1. The van der Waals surface area contributed by atoms with E-state index in [1.54, 1.807) is 146 Å². The summed E-state index contributed by atoms with van der Waals surface area (Å²) in [6, 6.07) is 6.54. The van der Waals surface area contributed by atoms with Gasteiger partial charge in [0.15, 0.2) is 11.6 Å². The van der Waals surface area contributed by atoms with Gasteiger partial charge in [-0.25, -0.2) is 9.36 Å². The quantitative estimate of drug-likeness (QED) is 0.0177. The van der Waals surface area contributed by atoms with Gasteiger partial charge in [0.2, 0.25) is 11.8 Å². The van der Waals surface area contributed by atoms with Crippen molar-refractivity contribution < 1.29 is 145 Å². The Labute approximate surface area is 741 Å². The van der Waals surface area contributed by atoms with Crippen LogP contribution in [0.3, 0.4) is 0 Å². The van der Waals surface area contributed by atoms with E-state index >= 15 is 0 Å². The monoisotopic (exact) mass is 1800 g/mol. The number of amides is 6. The molecule has 6 amide bonds. The van der Waals surface area contributed by atoms with Crippen molar-refractivity contribution in [3.8, 4) is 0 Å². The Hall–Kier alpha value is -10.7. The van der Waals surface area contributed by atoms with E-state index < -0.39 is 155 Å². The van der Waals surface area contributed by atoms with Crippen LogP contribution in [0.5, 0.6) is 0 Å². The summed E-state index contributed by atoms with van der Waals surface area (Å²) in [6.45, 7) is 23.2. The largest absolute Gasteiger partial charge is 0.460 e. The number of carbonyl (C=O) groups is 12. The molecular formula is C88H122N10O30. The average molecular weight is 1800 g/mol. The highest BCUT2D eigenvalue weighted by molar-refractivity contribution is 6.14. The van der Waals surface area contributed by atoms with E-state index in [2.05, 4.69) is 31.3 Å². The third-order valence-electron chi connectivity index (χ3n) is 21.5. The predicted octanol–water partition coefficient (Wildman–Crippen LogP) is 1.53. The summed E-state index contributed by atoms with van der Waals surface area (Å²) in [5, 5.41) is 83.1. The highest BCUT2D eigenvalue weighted by Crippen LogP contribution is 2.33. The standard InChI is InChI=1S/2C43H61N5O13.2CO2/c2*1-25(2)31(20-30(49)21-33(48-37(52)12-13-38(48)53)32-22-47(46-45-32)14-15-59-17-16-58-7)41(56)44-26(3)34(50)19-27-8-9-29(23-61-42(57)43(4,5)6)28(18-27)10-11-36-40(55)39(54)35(51)24-60-36;2*2-1-3/h2*8-9,12-13,18,22,25-26,31,33,35-36,39-40,51,54-55H,10-11,14-17,19-21,23-24H2,1-7H3,(H,44,56);;/t26-,31-,33+,35+,36-,39-,40-;26-,31-,33-,35+,36-,39-,40-;;/m00../s1. The van der Waals surface area contributed by atoms with Gasteiger partial charge in [-0.05, 0) is 126 Å². The zero-order chi connectivity index (χ0) is 95.4. The Morgan fingerprint density at radius 1 is 0.484 bits per heavy atom. The Kier molecular flexibility index (Phi) is 44.4. The number of benzene rings is 2. The first-order valence-corrected chi connectivity index (χ1v) is 42.0. The number of esters is 2. The normalized spacial score (nSPS) is 20.0. The number of aliphatic hydroxyl groups excluding tert-OH is 6. The van der Waals surface area contributed by atoms with Crippen molar-refractivity contribution in [1.82, 2.24) is 50.4 Å². The lowest BCUT2D eigenvalue weighted by atomic mass is 9.87. The van der Waals surface area contributed by atoms with Crippen LogP contribution in [0, 0.1) is 34.5 Å². The summed E-state index contributed by atoms with van der Waals surface area (Å²) in [6.07, 6.45) is -1.29. The molecule has 2 saturated heterocycles. The molecule has 0 saturated carbocycles. The number of rotatable bonds is 46. The maximum atomic E-state index is 13.7. The number of imide groups is 2. The van der Waals surface area contributed by atoms with E-state index in [0.717, 1.165) is 45.2 Å². The summed E-state index contributed by atoms with van der Waals surface area (Å²) in [5.74, 6) is -7.99. The number of carbonyl (C=O) groups excluding carboxylic acids is 16. The summed E-state index contributed by atoms with van der Waals surface area (Å²) in [7, 11) is 3.12. The molecule has 0 unspecified atom stereocenters. The van der Waals surface area contributed by atoms with Crippen LogP contribution < -0.4 is 10.6 Å². The van der Waals surface area contributed by atoms with E-state index in [0.29, 0.717) is 87.8 Å². The van der Waals surface area contributed by atoms with Crippen molar-refractivity contribution in [3.05, 3.63) is 118 Å². The third kappa shape index (κ3) is 33.7. The molecule has 4 aliphatic rings. The molecule has 0 spiro atoms. The molecule has 0 aliphatic carbocycles. The van der Waals surface area contributed by atoms with E-state index in [-0.39, 0.29) is 125 Å². The fourth-order valence-electron chi connectivity index (χ4n) is 13.8. The topological polar surface area (TPSA) is 560 Å². The molecule has 128 heavy (non-hydrogen) atoms. The zero-order valence-electron chi connectivity index (χ0n) is 74.8. The molecule has 4 aliphatic heterocycles. The Morgan fingerprint density at radius 3 is 1.13 bits per heavy atom. The summed E-state index contributed by atoms with van der Waals surface area (Å²) < 4.78 is 46.2. The molecule has 2 aromatic heterocycles. The number of aromatic nitrogens is 6. The molecule has 8 rings (SSSR count). The van der Waals surface area contributed by atoms with Gasteiger partial charge in [0.25, 0.3) is 23.6 Å². The second kappa shape index (κ2) is 52.7. The minimum atomic E-state index is -1.36. The van der Waals surface area contributed by atoms with Gasteiger partial charge in [0.1, 0.15) is 72.8 Å². The molecule has 14 atom stereocenters. The fourth-order valence-corrected chi connectivity index (χ4v) is 13.8. The van der Waals surface area contributed by atoms with Gasteiger partial charge >= 0.3 is 24.2 Å². The number of aliphatic hydroxyl groups is 6. The SMILES string of the molecule is COCCOCCn1cc([C@@H](CC(=O)C[C@H](C(=O)N[C@@H](C)C(=O)Cc2ccc(COC(=O)C(C)(C)C)c(CC[C@@H]3OC[C@@H](O)[C@H](O)[C@H]3O)c2)C(C)C)N2C(=O)C=CC2=O)nn1.COCCOCCn1cc([C@H](CC(=O)C[C@H](C(=O)N[C@@H](C)C(=O)Cc2ccc(COC(=O)C(C)(C)C)c(CC[C@@H]3OC[C@@H](O)[C@H](O)[C@H]3O)c2)C(C)C)N2C(=O)C=CC2=O)nn1.O=C=O.O=C=O. The van der Waals surface area contributed by atoms with Crippen LogP contribution >= 0.6 is 0 Å². The lowest BCUT2D eigenvalue weighted by Crippen LogP contribution is -2.52. The van der Waals surface area contributed by atoms with Crippen molar-refractivity contribution >= 4 is 82.8 Å². The van der Waals surface area contributed by atoms with Gasteiger partial charge in [-0.2, -0.15) is 19.2 Å². The molecule has 2 aromatic carbocycles. The number of hydrogen-bond donors (Lipinski definition) is 8. The number of Topliss-reactive ketones (excluding diaryl/α,β-unsaturated/α-hetero) is 4. The maximum Gasteiger partial charge on any atom is 0.373 e. The van der Waals surface area contributed by atoms with Gasteiger partial charge in [-0.3, -0.25) is 67.3 Å². The molecule has 0 radical (unpaired) electrons. The molecule has 704 valence electrons. The number of aryl methyl sites for hydroxylation is 2. The smallest absolute Gasteiger partial charge is 0.373 e. The molecule has 2 fully saturated rings. The first-order chi connectivity index (χ1) is 60.4. The molecule has 40 nitrogen and oxygen atoms in total. The lowest BCUT2D eigenvalue weighted by Gasteiger charge is -2.35. The van der Waals surface area contributed by atoms with E-state index in [1.165, 1.54) is 9.36 Å². The summed E-state index contributed by atoms with van der Waals surface area (Å²) in [4.78, 5) is 192. The van der Waals surface area contributed by atoms with Crippen LogP contribution in [-0.4, -0.2) is 281 Å².